The number of benzene rings is 3. The fourth-order valence-corrected chi connectivity index (χ4v) is 6.21. The highest BCUT2D eigenvalue weighted by molar-refractivity contribution is 7.22. The second-order valence-electron chi connectivity index (χ2n) is 8.03. The first-order valence-electron chi connectivity index (χ1n) is 11.1. The molecule has 2 heterocycles. The molecule has 0 spiro atoms. The summed E-state index contributed by atoms with van der Waals surface area (Å²) in [4.78, 5) is 31.8. The Morgan fingerprint density at radius 3 is 2.50 bits per heavy atom. The molecule has 0 saturated heterocycles. The Hall–Kier alpha value is -3.46. The summed E-state index contributed by atoms with van der Waals surface area (Å²) in [5.74, 6) is -2.61. The highest BCUT2D eigenvalue weighted by Crippen LogP contribution is 2.38. The lowest BCUT2D eigenvalue weighted by Crippen LogP contribution is -2.36. The van der Waals surface area contributed by atoms with Crippen LogP contribution in [0.2, 0.25) is 5.02 Å². The third kappa shape index (κ3) is 5.21. The number of methoxy groups -OCH3 is 1. The summed E-state index contributed by atoms with van der Waals surface area (Å²) in [6.45, 7) is 0.0476. The maximum atomic E-state index is 13.4. The van der Waals surface area contributed by atoms with Crippen LogP contribution in [-0.4, -0.2) is 24.0 Å². The first-order chi connectivity index (χ1) is 17.5. The van der Waals surface area contributed by atoms with Crippen LogP contribution in [-0.2, 0) is 25.7 Å². The molecule has 0 radical (unpaired) electrons. The van der Waals surface area contributed by atoms with E-state index in [0.29, 0.717) is 10.2 Å². The fraction of sp³-hybridized carbons (Fsp3) is 0.148. The smallest absolute Gasteiger partial charge is 0.323 e. The number of hydrogen-bond donors (Lipinski definition) is 1. The topological polar surface area (TPSA) is 77.5 Å². The summed E-state index contributed by atoms with van der Waals surface area (Å²) in [7, 11) is 1.27. The molecule has 1 N–H and O–H groups in total. The van der Waals surface area contributed by atoms with E-state index in [1.54, 1.807) is 6.07 Å². The Labute approximate surface area is 220 Å². The second kappa shape index (κ2) is 10.7. The maximum Gasteiger partial charge on any atom is 0.323 e. The van der Waals surface area contributed by atoms with Crippen LogP contribution in [0.5, 0.6) is 0 Å². The SMILES string of the molecule is COC(=O)C(C(=O)OCc1ccccc1)[C@H](Nc1nc2ccc(Cl)cc2s1)c1cc2ccccc2s1. The van der Waals surface area contributed by atoms with Crippen LogP contribution in [0, 0.1) is 5.92 Å². The minimum atomic E-state index is -1.25. The van der Waals surface area contributed by atoms with Crippen LogP contribution in [0.15, 0.2) is 78.9 Å². The normalized spacial score (nSPS) is 12.8. The Bertz CT molecular complexity index is 1500. The molecule has 3 aromatic carbocycles. The molecule has 9 heteroatoms. The molecule has 6 nitrogen and oxygen atoms in total. The number of carbonyl (C=O) groups is 2. The van der Waals surface area contributed by atoms with Crippen molar-refractivity contribution >= 4 is 71.6 Å². The summed E-state index contributed by atoms with van der Waals surface area (Å²) in [5.41, 5.74) is 1.59. The van der Waals surface area contributed by atoms with Crippen molar-refractivity contribution in [1.82, 2.24) is 4.98 Å². The number of carbonyl (C=O) groups excluding carboxylic acids is 2. The lowest BCUT2D eigenvalue weighted by Gasteiger charge is -2.24. The van der Waals surface area contributed by atoms with Gasteiger partial charge in [0.05, 0.1) is 23.4 Å². The van der Waals surface area contributed by atoms with Gasteiger partial charge >= 0.3 is 11.9 Å². The largest absolute Gasteiger partial charge is 0.468 e. The van der Waals surface area contributed by atoms with Gasteiger partial charge in [-0.15, -0.1) is 11.3 Å². The maximum absolute atomic E-state index is 13.4. The molecule has 5 aromatic rings. The molecule has 36 heavy (non-hydrogen) atoms. The highest BCUT2D eigenvalue weighted by Gasteiger charge is 2.40. The van der Waals surface area contributed by atoms with Crippen LogP contribution >= 0.6 is 34.3 Å². The monoisotopic (exact) mass is 536 g/mol. The molecule has 0 aliphatic carbocycles. The number of nitrogens with zero attached hydrogens (tertiary/aromatic N) is 1. The molecular formula is C27H21ClN2O4S2. The van der Waals surface area contributed by atoms with Crippen molar-refractivity contribution in [2.24, 2.45) is 5.92 Å². The van der Waals surface area contributed by atoms with Crippen molar-refractivity contribution in [2.75, 3.05) is 12.4 Å². The Morgan fingerprint density at radius 1 is 0.944 bits per heavy atom. The molecular weight excluding hydrogens is 516 g/mol. The van der Waals surface area contributed by atoms with E-state index in [4.69, 9.17) is 21.1 Å². The summed E-state index contributed by atoms with van der Waals surface area (Å²) in [5, 5.41) is 5.51. The summed E-state index contributed by atoms with van der Waals surface area (Å²) in [6, 6.07) is 23.9. The first kappa shape index (κ1) is 24.2. The zero-order chi connectivity index (χ0) is 25.1. The van der Waals surface area contributed by atoms with Crippen LogP contribution in [0.25, 0.3) is 20.3 Å². The Balaban J connectivity index is 1.52. The average Bonchev–Trinajstić information content (AvgIpc) is 3.50. The average molecular weight is 537 g/mol. The number of nitrogens with one attached hydrogen (secondary N) is 1. The Kier molecular flexibility index (Phi) is 7.18. The van der Waals surface area contributed by atoms with Crippen LogP contribution in [0.4, 0.5) is 5.13 Å². The van der Waals surface area contributed by atoms with E-state index in [9.17, 15) is 9.59 Å². The van der Waals surface area contributed by atoms with E-state index in [-0.39, 0.29) is 6.61 Å². The molecule has 2 atom stereocenters. The number of fused-ring (bicyclic) bond motifs is 2. The number of thiazole rings is 1. The van der Waals surface area contributed by atoms with Gasteiger partial charge in [0.15, 0.2) is 11.0 Å². The number of ether oxygens (including phenoxy) is 2. The van der Waals surface area contributed by atoms with Gasteiger partial charge in [0.1, 0.15) is 6.61 Å². The van der Waals surface area contributed by atoms with Crippen LogP contribution in [0.3, 0.4) is 0 Å². The van der Waals surface area contributed by atoms with Crippen LogP contribution < -0.4 is 5.32 Å². The van der Waals surface area contributed by atoms with Crippen molar-refractivity contribution in [1.29, 1.82) is 0 Å². The van der Waals surface area contributed by atoms with Crippen molar-refractivity contribution < 1.29 is 19.1 Å². The zero-order valence-corrected chi connectivity index (χ0v) is 21.5. The van der Waals surface area contributed by atoms with Gasteiger partial charge in [-0.1, -0.05) is 71.5 Å². The van der Waals surface area contributed by atoms with Crippen molar-refractivity contribution in [3.63, 3.8) is 0 Å². The van der Waals surface area contributed by atoms with Crippen molar-refractivity contribution in [2.45, 2.75) is 12.6 Å². The second-order valence-corrected chi connectivity index (χ2v) is 10.6. The predicted molar refractivity (Wildman–Crippen MR) is 145 cm³/mol. The predicted octanol–water partition coefficient (Wildman–Crippen LogP) is 6.85. The van der Waals surface area contributed by atoms with E-state index in [2.05, 4.69) is 10.3 Å². The Morgan fingerprint density at radius 2 is 1.72 bits per heavy atom. The molecule has 2 aromatic heterocycles. The summed E-state index contributed by atoms with van der Waals surface area (Å²) < 4.78 is 12.6. The number of aromatic nitrogens is 1. The number of esters is 2. The van der Waals surface area contributed by atoms with Gasteiger partial charge in [-0.3, -0.25) is 9.59 Å². The molecule has 0 aliphatic rings. The molecule has 182 valence electrons. The lowest BCUT2D eigenvalue weighted by atomic mass is 9.98. The molecule has 0 fully saturated rings. The molecule has 0 bridgehead atoms. The van der Waals surface area contributed by atoms with E-state index < -0.39 is 23.9 Å². The number of thiophene rings is 1. The zero-order valence-electron chi connectivity index (χ0n) is 19.1. The van der Waals surface area contributed by atoms with Gasteiger partial charge in [-0.25, -0.2) is 4.98 Å². The number of hydrogen-bond acceptors (Lipinski definition) is 8. The lowest BCUT2D eigenvalue weighted by molar-refractivity contribution is -0.162. The molecule has 0 amide bonds. The fourth-order valence-electron chi connectivity index (χ4n) is 3.88. The van der Waals surface area contributed by atoms with Gasteiger partial charge in [0.2, 0.25) is 0 Å². The number of anilines is 1. The first-order valence-corrected chi connectivity index (χ1v) is 13.1. The van der Waals surface area contributed by atoms with E-state index in [0.717, 1.165) is 30.7 Å². The van der Waals surface area contributed by atoms with Crippen molar-refractivity contribution in [3.8, 4) is 0 Å². The van der Waals surface area contributed by atoms with E-state index in [1.807, 2.05) is 72.8 Å². The van der Waals surface area contributed by atoms with Crippen molar-refractivity contribution in [3.05, 3.63) is 94.3 Å². The molecule has 1 unspecified atom stereocenters. The highest BCUT2D eigenvalue weighted by atomic mass is 35.5. The molecule has 5 rings (SSSR count). The van der Waals surface area contributed by atoms with E-state index in [1.165, 1.54) is 29.8 Å². The minimum Gasteiger partial charge on any atom is -0.468 e. The number of halogens is 1. The number of rotatable bonds is 8. The van der Waals surface area contributed by atoms with Gasteiger partial charge < -0.3 is 14.8 Å². The molecule has 0 aliphatic heterocycles. The third-order valence-electron chi connectivity index (χ3n) is 5.65. The quantitative estimate of drug-likeness (QED) is 0.173. The minimum absolute atomic E-state index is 0.0476. The van der Waals surface area contributed by atoms with Gasteiger partial charge in [-0.2, -0.15) is 0 Å². The van der Waals surface area contributed by atoms with E-state index >= 15 is 0 Å². The molecule has 0 saturated carbocycles. The summed E-state index contributed by atoms with van der Waals surface area (Å²) in [6.07, 6.45) is 0. The third-order valence-corrected chi connectivity index (χ3v) is 8.03. The standard InChI is InChI=1S/C27H21ClN2O4S2/c1-33-25(31)23(26(32)34-15-16-7-3-2-4-8-16)24(22-13-17-9-5-6-10-20(17)35-22)30-27-29-19-12-11-18(28)14-21(19)36-27/h2-14,23-24H,15H2,1H3,(H,29,30)/t23?,24-/m1/s1. The van der Waals surface area contributed by atoms with Gasteiger partial charge in [-0.05, 0) is 41.3 Å². The van der Waals surface area contributed by atoms with Gasteiger partial charge in [0.25, 0.3) is 0 Å². The van der Waals surface area contributed by atoms with Gasteiger partial charge in [0, 0.05) is 14.6 Å². The summed E-state index contributed by atoms with van der Waals surface area (Å²) >= 11 is 9.04. The van der Waals surface area contributed by atoms with Crippen LogP contribution in [0.1, 0.15) is 16.5 Å².